The van der Waals surface area contributed by atoms with Crippen molar-refractivity contribution in [2.45, 2.75) is 13.3 Å². The third-order valence-electron chi connectivity index (χ3n) is 3.73. The van der Waals surface area contributed by atoms with Crippen LogP contribution in [0.15, 0.2) is 48.5 Å². The van der Waals surface area contributed by atoms with Gasteiger partial charge >= 0.3 is 0 Å². The van der Waals surface area contributed by atoms with Gasteiger partial charge in [-0.3, -0.25) is 19.7 Å². The molecule has 1 amide bonds. The van der Waals surface area contributed by atoms with E-state index in [9.17, 15) is 19.7 Å². The van der Waals surface area contributed by atoms with Crippen molar-refractivity contribution < 1.29 is 19.2 Å². The summed E-state index contributed by atoms with van der Waals surface area (Å²) in [4.78, 5) is 33.8. The zero-order valence-electron chi connectivity index (χ0n) is 14.9. The van der Waals surface area contributed by atoms with Gasteiger partial charge in [-0.2, -0.15) is 0 Å². The summed E-state index contributed by atoms with van der Waals surface area (Å²) in [5.74, 6) is 0.231. The molecule has 0 radical (unpaired) electrons. The minimum atomic E-state index is -0.464. The molecule has 142 valence electrons. The second-order valence-corrected chi connectivity index (χ2v) is 5.64. The number of nitro groups is 1. The lowest BCUT2D eigenvalue weighted by molar-refractivity contribution is -0.384. The first-order chi connectivity index (χ1) is 13.0. The number of nitrogens with one attached hydrogen (secondary N) is 2. The molecule has 0 aromatic heterocycles. The first kappa shape index (κ1) is 19.9. The SMILES string of the molecule is CCC(=O)c1ccc(OCC(=O)NCCNc2ccccc2[N+](=O)[O-])cc1. The molecule has 8 heteroatoms. The molecule has 2 aromatic rings. The zero-order chi connectivity index (χ0) is 19.6. The predicted molar refractivity (Wildman–Crippen MR) is 101 cm³/mol. The molecule has 0 aliphatic rings. The van der Waals surface area contributed by atoms with Crippen LogP contribution in [0.5, 0.6) is 5.75 Å². The van der Waals surface area contributed by atoms with E-state index in [4.69, 9.17) is 4.74 Å². The summed E-state index contributed by atoms with van der Waals surface area (Å²) in [6.07, 6.45) is 0.433. The fourth-order valence-corrected chi connectivity index (χ4v) is 2.32. The van der Waals surface area contributed by atoms with E-state index in [-0.39, 0.29) is 30.5 Å². The number of carbonyl (C=O) groups excluding carboxylic acids is 2. The van der Waals surface area contributed by atoms with Crippen LogP contribution >= 0.6 is 0 Å². The number of carbonyl (C=O) groups is 2. The van der Waals surface area contributed by atoms with Gasteiger partial charge in [0.15, 0.2) is 12.4 Å². The lowest BCUT2D eigenvalue weighted by Crippen LogP contribution is -2.32. The van der Waals surface area contributed by atoms with Gasteiger partial charge in [0, 0.05) is 31.1 Å². The Morgan fingerprint density at radius 1 is 1.07 bits per heavy atom. The smallest absolute Gasteiger partial charge is 0.292 e. The van der Waals surface area contributed by atoms with E-state index in [2.05, 4.69) is 10.6 Å². The lowest BCUT2D eigenvalue weighted by atomic mass is 10.1. The Labute approximate surface area is 156 Å². The van der Waals surface area contributed by atoms with Crippen LogP contribution in [0.25, 0.3) is 0 Å². The molecular formula is C19H21N3O5. The van der Waals surface area contributed by atoms with E-state index >= 15 is 0 Å². The summed E-state index contributed by atoms with van der Waals surface area (Å²) >= 11 is 0. The van der Waals surface area contributed by atoms with Gasteiger partial charge in [0.2, 0.25) is 0 Å². The fraction of sp³-hybridized carbons (Fsp3) is 0.263. The highest BCUT2D eigenvalue weighted by Crippen LogP contribution is 2.22. The Morgan fingerprint density at radius 3 is 2.44 bits per heavy atom. The number of anilines is 1. The van der Waals surface area contributed by atoms with Gasteiger partial charge in [-0.05, 0) is 30.3 Å². The molecule has 0 saturated carbocycles. The van der Waals surface area contributed by atoms with Crippen molar-refractivity contribution in [3.05, 3.63) is 64.2 Å². The molecule has 2 rings (SSSR count). The zero-order valence-corrected chi connectivity index (χ0v) is 14.9. The Hall–Kier alpha value is -3.42. The van der Waals surface area contributed by atoms with Crippen LogP contribution < -0.4 is 15.4 Å². The molecule has 0 aliphatic heterocycles. The lowest BCUT2D eigenvalue weighted by Gasteiger charge is -2.09. The highest BCUT2D eigenvalue weighted by molar-refractivity contribution is 5.95. The molecule has 2 aromatic carbocycles. The Bertz CT molecular complexity index is 805. The number of para-hydroxylation sites is 2. The van der Waals surface area contributed by atoms with Crippen molar-refractivity contribution >= 4 is 23.1 Å². The normalized spacial score (nSPS) is 10.1. The minimum Gasteiger partial charge on any atom is -0.484 e. The average Bonchev–Trinajstić information content (AvgIpc) is 2.69. The van der Waals surface area contributed by atoms with E-state index in [1.165, 1.54) is 6.07 Å². The van der Waals surface area contributed by atoms with Gasteiger partial charge in [0.1, 0.15) is 11.4 Å². The molecule has 0 heterocycles. The van der Waals surface area contributed by atoms with E-state index in [1.54, 1.807) is 49.4 Å². The molecule has 0 unspecified atom stereocenters. The maximum Gasteiger partial charge on any atom is 0.292 e. The van der Waals surface area contributed by atoms with Crippen molar-refractivity contribution in [1.29, 1.82) is 0 Å². The number of hydrogen-bond donors (Lipinski definition) is 2. The summed E-state index contributed by atoms with van der Waals surface area (Å²) in [5.41, 5.74) is 0.988. The van der Waals surface area contributed by atoms with Gasteiger partial charge in [-0.25, -0.2) is 0 Å². The summed E-state index contributed by atoms with van der Waals surface area (Å²) in [6.45, 7) is 2.26. The molecule has 0 atom stereocenters. The van der Waals surface area contributed by atoms with Gasteiger partial charge in [0.25, 0.3) is 11.6 Å². The van der Waals surface area contributed by atoms with Crippen LogP contribution in [-0.4, -0.2) is 36.3 Å². The van der Waals surface area contributed by atoms with Crippen LogP contribution in [0.4, 0.5) is 11.4 Å². The maximum atomic E-state index is 11.8. The standard InChI is InChI=1S/C19H21N3O5/c1-2-18(23)14-7-9-15(10-8-14)27-13-19(24)21-12-11-20-16-5-3-4-6-17(16)22(25)26/h3-10,20H,2,11-13H2,1H3,(H,21,24). The fourth-order valence-electron chi connectivity index (χ4n) is 2.32. The van der Waals surface area contributed by atoms with Crippen LogP contribution in [-0.2, 0) is 4.79 Å². The van der Waals surface area contributed by atoms with Gasteiger partial charge < -0.3 is 15.4 Å². The highest BCUT2D eigenvalue weighted by Gasteiger charge is 2.11. The second kappa shape index (κ2) is 9.91. The first-order valence-electron chi connectivity index (χ1n) is 8.51. The number of hydrogen-bond acceptors (Lipinski definition) is 6. The van der Waals surface area contributed by atoms with Gasteiger partial charge in [-0.15, -0.1) is 0 Å². The van der Waals surface area contributed by atoms with Crippen LogP contribution in [0.2, 0.25) is 0 Å². The number of nitro benzene ring substituents is 1. The van der Waals surface area contributed by atoms with Gasteiger partial charge in [0.05, 0.1) is 4.92 Å². The van der Waals surface area contributed by atoms with Crippen molar-refractivity contribution in [2.75, 3.05) is 25.0 Å². The molecule has 2 N–H and O–H groups in total. The van der Waals surface area contributed by atoms with Crippen LogP contribution in [0.3, 0.4) is 0 Å². The Morgan fingerprint density at radius 2 is 1.78 bits per heavy atom. The number of Topliss-reactive ketones (excluding diaryl/α,β-unsaturated/α-hetero) is 1. The topological polar surface area (TPSA) is 111 Å². The summed E-state index contributed by atoms with van der Waals surface area (Å²) in [6, 6.07) is 12.9. The van der Waals surface area contributed by atoms with Crippen molar-refractivity contribution in [2.24, 2.45) is 0 Å². The number of amides is 1. The number of benzene rings is 2. The summed E-state index contributed by atoms with van der Waals surface area (Å²) in [7, 11) is 0. The summed E-state index contributed by atoms with van der Waals surface area (Å²) in [5, 5.41) is 16.5. The molecule has 0 saturated heterocycles. The monoisotopic (exact) mass is 371 g/mol. The molecule has 0 fully saturated rings. The van der Waals surface area contributed by atoms with Crippen LogP contribution in [0, 0.1) is 10.1 Å². The van der Waals surface area contributed by atoms with E-state index < -0.39 is 4.92 Å². The van der Waals surface area contributed by atoms with E-state index in [0.29, 0.717) is 30.0 Å². The average molecular weight is 371 g/mol. The largest absolute Gasteiger partial charge is 0.484 e. The molecule has 27 heavy (non-hydrogen) atoms. The number of ketones is 1. The number of rotatable bonds is 10. The first-order valence-corrected chi connectivity index (χ1v) is 8.51. The highest BCUT2D eigenvalue weighted by atomic mass is 16.6. The number of nitrogens with zero attached hydrogens (tertiary/aromatic N) is 1. The van der Waals surface area contributed by atoms with E-state index in [0.717, 1.165) is 0 Å². The van der Waals surface area contributed by atoms with Gasteiger partial charge in [-0.1, -0.05) is 19.1 Å². The van der Waals surface area contributed by atoms with Crippen LogP contribution in [0.1, 0.15) is 23.7 Å². The summed E-state index contributed by atoms with van der Waals surface area (Å²) < 4.78 is 5.37. The maximum absolute atomic E-state index is 11.8. The molecule has 0 spiro atoms. The second-order valence-electron chi connectivity index (χ2n) is 5.64. The van der Waals surface area contributed by atoms with Crippen molar-refractivity contribution in [1.82, 2.24) is 5.32 Å². The predicted octanol–water partition coefficient (Wildman–Crippen LogP) is 2.79. The number of ether oxygens (including phenoxy) is 1. The molecule has 8 nitrogen and oxygen atoms in total. The third-order valence-corrected chi connectivity index (χ3v) is 3.73. The van der Waals surface area contributed by atoms with Crippen molar-refractivity contribution in [3.8, 4) is 5.75 Å². The quantitative estimate of drug-likeness (QED) is 0.288. The minimum absolute atomic E-state index is 0.0165. The third kappa shape index (κ3) is 6.10. The Kier molecular flexibility index (Phi) is 7.30. The van der Waals surface area contributed by atoms with E-state index in [1.807, 2.05) is 0 Å². The Balaban J connectivity index is 1.71. The van der Waals surface area contributed by atoms with Crippen molar-refractivity contribution in [3.63, 3.8) is 0 Å². The molecule has 0 aliphatic carbocycles. The molecular weight excluding hydrogens is 350 g/mol. The molecule has 0 bridgehead atoms.